The largest absolute Gasteiger partial charge is 0.464 e. The highest BCUT2D eigenvalue weighted by Gasteiger charge is 2.45. The molecule has 0 spiro atoms. The van der Waals surface area contributed by atoms with Crippen LogP contribution in [0.3, 0.4) is 0 Å². The van der Waals surface area contributed by atoms with Gasteiger partial charge in [-0.05, 0) is 17.7 Å². The van der Waals surface area contributed by atoms with Gasteiger partial charge in [0.1, 0.15) is 24.0 Å². The normalized spacial score (nSPS) is 30.3. The predicted molar refractivity (Wildman–Crippen MR) is 74.4 cm³/mol. The van der Waals surface area contributed by atoms with Gasteiger partial charge in [-0.15, -0.1) is 0 Å². The van der Waals surface area contributed by atoms with E-state index in [-0.39, 0.29) is 11.4 Å². The van der Waals surface area contributed by atoms with Crippen LogP contribution < -0.4 is 4.74 Å². The van der Waals surface area contributed by atoms with Gasteiger partial charge in [-0.25, -0.2) is 0 Å². The van der Waals surface area contributed by atoms with Gasteiger partial charge in [0.15, 0.2) is 0 Å². The molecule has 0 saturated carbocycles. The van der Waals surface area contributed by atoms with Gasteiger partial charge in [0, 0.05) is 17.0 Å². The van der Waals surface area contributed by atoms with Crippen LogP contribution >= 0.6 is 0 Å². The van der Waals surface area contributed by atoms with Crippen molar-refractivity contribution in [1.82, 2.24) is 0 Å². The van der Waals surface area contributed by atoms with E-state index in [2.05, 4.69) is 10.0 Å². The Bertz CT molecular complexity index is 604. The molecule has 1 aromatic carbocycles. The Balaban J connectivity index is 2.20. The van der Waals surface area contributed by atoms with Crippen molar-refractivity contribution in [3.8, 4) is 5.75 Å². The van der Waals surface area contributed by atoms with E-state index in [0.29, 0.717) is 0 Å². The van der Waals surface area contributed by atoms with Crippen molar-refractivity contribution in [2.45, 2.75) is 30.6 Å². The van der Waals surface area contributed by atoms with Crippen LogP contribution in [0.15, 0.2) is 29.4 Å². The van der Waals surface area contributed by atoms with Crippen molar-refractivity contribution < 1.29 is 29.7 Å². The molecule has 1 fully saturated rings. The Kier molecular flexibility index (Phi) is 5.32. The van der Waals surface area contributed by atoms with Crippen LogP contribution in [0.25, 0.3) is 10.4 Å². The third kappa shape index (κ3) is 3.67. The molecule has 23 heavy (non-hydrogen) atoms. The first-order chi connectivity index (χ1) is 11.0. The summed E-state index contributed by atoms with van der Waals surface area (Å²) in [6, 6.07) is 3.76. The van der Waals surface area contributed by atoms with E-state index in [4.69, 9.17) is 20.1 Å². The van der Waals surface area contributed by atoms with Crippen LogP contribution in [0.1, 0.15) is 0 Å². The van der Waals surface area contributed by atoms with Crippen LogP contribution in [0, 0.1) is 10.1 Å². The first kappa shape index (κ1) is 16.9. The summed E-state index contributed by atoms with van der Waals surface area (Å²) in [5.41, 5.74) is 8.42. The molecule has 0 aromatic heterocycles. The molecule has 1 heterocycles. The number of ether oxygens (including phenoxy) is 2. The number of aliphatic hydroxyl groups is 3. The summed E-state index contributed by atoms with van der Waals surface area (Å²) >= 11 is 0. The van der Waals surface area contributed by atoms with E-state index in [0.717, 1.165) is 0 Å². The summed E-state index contributed by atoms with van der Waals surface area (Å²) < 4.78 is 10.7. The van der Waals surface area contributed by atoms with Crippen molar-refractivity contribution in [2.75, 3.05) is 6.61 Å². The zero-order valence-electron chi connectivity index (χ0n) is 11.7. The number of hydrogen-bond donors (Lipinski definition) is 3. The first-order valence-corrected chi connectivity index (χ1v) is 6.55. The number of benzene rings is 1. The fourth-order valence-electron chi connectivity index (χ4n) is 2.13. The van der Waals surface area contributed by atoms with Crippen molar-refractivity contribution >= 4 is 5.69 Å². The molecule has 0 radical (unpaired) electrons. The second-order valence-corrected chi connectivity index (χ2v) is 4.77. The minimum atomic E-state index is -1.50. The second-order valence-electron chi connectivity index (χ2n) is 4.77. The maximum absolute atomic E-state index is 10.6. The molecule has 0 amide bonds. The van der Waals surface area contributed by atoms with Gasteiger partial charge >= 0.3 is 0 Å². The lowest BCUT2D eigenvalue weighted by atomic mass is 9.98. The Labute approximate surface area is 129 Å². The average molecular weight is 326 g/mol. The lowest BCUT2D eigenvalue weighted by molar-refractivity contribution is -0.384. The zero-order valence-corrected chi connectivity index (χ0v) is 11.7. The van der Waals surface area contributed by atoms with Crippen molar-refractivity contribution in [1.29, 1.82) is 0 Å². The van der Waals surface area contributed by atoms with Crippen molar-refractivity contribution in [3.05, 3.63) is 44.8 Å². The van der Waals surface area contributed by atoms with E-state index >= 15 is 0 Å². The fraction of sp³-hybridized carbons (Fsp3) is 0.500. The van der Waals surface area contributed by atoms with E-state index in [9.17, 15) is 20.3 Å². The zero-order chi connectivity index (χ0) is 17.0. The second kappa shape index (κ2) is 7.22. The van der Waals surface area contributed by atoms with Gasteiger partial charge < -0.3 is 24.8 Å². The van der Waals surface area contributed by atoms with Gasteiger partial charge in [0.2, 0.25) is 6.29 Å². The standard InChI is InChI=1S/C12H14N4O7/c13-15-14-9-11(19)10(18)8(5-17)23-12(9)22-7-3-1-6(2-4-7)16(20)21/h1-4,8-12,17-19H,5H2/t8-,9+,10+,11-,12-/m0/s1. The minimum Gasteiger partial charge on any atom is -0.464 e. The molecule has 11 heteroatoms. The first-order valence-electron chi connectivity index (χ1n) is 6.55. The smallest absolute Gasteiger partial charge is 0.269 e. The maximum atomic E-state index is 10.6. The Morgan fingerprint density at radius 2 is 2.00 bits per heavy atom. The van der Waals surface area contributed by atoms with Gasteiger partial charge in [-0.3, -0.25) is 10.1 Å². The van der Waals surface area contributed by atoms with Crippen LogP contribution in [0.2, 0.25) is 0 Å². The summed E-state index contributed by atoms with van der Waals surface area (Å²) in [6.07, 6.45) is -5.35. The molecule has 11 nitrogen and oxygen atoms in total. The summed E-state index contributed by atoms with van der Waals surface area (Å²) in [5, 5.41) is 42.8. The molecule has 1 aliphatic heterocycles. The summed E-state index contributed by atoms with van der Waals surface area (Å²) in [5.74, 6) is 0.166. The van der Waals surface area contributed by atoms with Gasteiger partial charge in [-0.1, -0.05) is 5.11 Å². The van der Waals surface area contributed by atoms with E-state index in [1.54, 1.807) is 0 Å². The monoisotopic (exact) mass is 326 g/mol. The SMILES string of the molecule is [N-]=[N+]=N[C@H]1[C@@H](Oc2ccc([N+](=O)[O-])cc2)O[C@@H](CO)[C@@H](O)[C@H]1O. The highest BCUT2D eigenvalue weighted by molar-refractivity contribution is 5.36. The summed E-state index contributed by atoms with van der Waals surface area (Å²) in [7, 11) is 0. The molecular weight excluding hydrogens is 312 g/mol. The highest BCUT2D eigenvalue weighted by atomic mass is 16.7. The summed E-state index contributed by atoms with van der Waals surface area (Å²) in [4.78, 5) is 12.6. The molecule has 0 aliphatic carbocycles. The molecule has 0 unspecified atom stereocenters. The predicted octanol–water partition coefficient (Wildman–Crippen LogP) is 0.0915. The maximum Gasteiger partial charge on any atom is 0.269 e. The molecule has 0 bridgehead atoms. The third-order valence-corrected chi connectivity index (χ3v) is 3.33. The Hall–Kier alpha value is -2.43. The molecule has 5 atom stereocenters. The third-order valence-electron chi connectivity index (χ3n) is 3.33. The van der Waals surface area contributed by atoms with Crippen LogP contribution in [-0.2, 0) is 4.74 Å². The number of non-ortho nitro benzene ring substituents is 1. The van der Waals surface area contributed by atoms with Crippen molar-refractivity contribution in [3.63, 3.8) is 0 Å². The minimum absolute atomic E-state index is 0.141. The van der Waals surface area contributed by atoms with Crippen LogP contribution in [0.4, 0.5) is 5.69 Å². The van der Waals surface area contributed by atoms with Crippen LogP contribution in [-0.4, -0.2) is 57.5 Å². The van der Waals surface area contributed by atoms with Gasteiger partial charge in [0.05, 0.1) is 17.6 Å². The number of aliphatic hydroxyl groups excluding tert-OH is 3. The molecule has 124 valence electrons. The molecule has 1 aromatic rings. The number of nitro benzene ring substituents is 1. The lowest BCUT2D eigenvalue weighted by Crippen LogP contribution is -2.59. The lowest BCUT2D eigenvalue weighted by Gasteiger charge is -2.40. The summed E-state index contributed by atoms with van der Waals surface area (Å²) in [6.45, 7) is -0.582. The highest BCUT2D eigenvalue weighted by Crippen LogP contribution is 2.27. The quantitative estimate of drug-likeness (QED) is 0.226. The number of nitrogens with zero attached hydrogens (tertiary/aromatic N) is 4. The van der Waals surface area contributed by atoms with E-state index in [1.165, 1.54) is 24.3 Å². The van der Waals surface area contributed by atoms with Gasteiger partial charge in [-0.2, -0.15) is 0 Å². The average Bonchev–Trinajstić information content (AvgIpc) is 2.54. The number of rotatable bonds is 5. The molecule has 2 rings (SSSR count). The number of nitro groups is 1. The van der Waals surface area contributed by atoms with E-state index in [1.807, 2.05) is 0 Å². The molecule has 1 aliphatic rings. The Morgan fingerprint density at radius 1 is 1.35 bits per heavy atom. The number of hydrogen-bond acceptors (Lipinski definition) is 8. The van der Waals surface area contributed by atoms with E-state index < -0.39 is 42.2 Å². The van der Waals surface area contributed by atoms with Crippen molar-refractivity contribution in [2.24, 2.45) is 5.11 Å². The topological polar surface area (TPSA) is 171 Å². The van der Waals surface area contributed by atoms with Crippen LogP contribution in [0.5, 0.6) is 5.75 Å². The molecule has 3 N–H and O–H groups in total. The molecular formula is C12H14N4O7. The van der Waals surface area contributed by atoms with Gasteiger partial charge in [0.25, 0.3) is 5.69 Å². The Morgan fingerprint density at radius 3 is 2.52 bits per heavy atom. The fourth-order valence-corrected chi connectivity index (χ4v) is 2.13. The number of azide groups is 1. The molecule has 1 saturated heterocycles.